The van der Waals surface area contributed by atoms with E-state index < -0.39 is 5.60 Å². The van der Waals surface area contributed by atoms with Crippen LogP contribution in [0.3, 0.4) is 0 Å². The molecule has 1 aliphatic rings. The lowest BCUT2D eigenvalue weighted by molar-refractivity contribution is -0.0332. The zero-order chi connectivity index (χ0) is 13.9. The first kappa shape index (κ1) is 14.3. The van der Waals surface area contributed by atoms with E-state index in [4.69, 9.17) is 9.47 Å². The maximum Gasteiger partial charge on any atom is 0.131 e. The first-order chi connectivity index (χ1) is 9.08. The van der Waals surface area contributed by atoms with E-state index in [0.29, 0.717) is 19.0 Å². The molecule has 1 aliphatic heterocycles. The number of halogens is 1. The third kappa shape index (κ3) is 3.25. The molecule has 0 saturated carbocycles. The predicted octanol–water partition coefficient (Wildman–Crippen LogP) is 3.05. The lowest BCUT2D eigenvalue weighted by Crippen LogP contribution is -2.45. The standard InChI is InChI=1S/C15H22FNO2/c1-4-17-13-9-15(3,10-18-5-2)19-14-8-11(16)6-7-12(13)14/h6-8,13,17H,4-5,9-10H2,1-3H3. The lowest BCUT2D eigenvalue weighted by Gasteiger charge is -2.40. The molecule has 0 radical (unpaired) electrons. The fourth-order valence-electron chi connectivity index (χ4n) is 2.57. The van der Waals surface area contributed by atoms with Crippen molar-refractivity contribution in [2.75, 3.05) is 19.8 Å². The summed E-state index contributed by atoms with van der Waals surface area (Å²) in [6.07, 6.45) is 0.819. The van der Waals surface area contributed by atoms with Gasteiger partial charge in [0.2, 0.25) is 0 Å². The van der Waals surface area contributed by atoms with Gasteiger partial charge < -0.3 is 14.8 Å². The Labute approximate surface area is 114 Å². The van der Waals surface area contributed by atoms with Gasteiger partial charge in [0, 0.05) is 30.7 Å². The largest absolute Gasteiger partial charge is 0.485 e. The Morgan fingerprint density at radius 3 is 2.95 bits per heavy atom. The Hall–Kier alpha value is -1.13. The molecule has 0 saturated heterocycles. The maximum atomic E-state index is 13.4. The second-order valence-electron chi connectivity index (χ2n) is 5.19. The Morgan fingerprint density at radius 1 is 1.47 bits per heavy atom. The van der Waals surface area contributed by atoms with Crippen molar-refractivity contribution < 1.29 is 13.9 Å². The van der Waals surface area contributed by atoms with Crippen molar-refractivity contribution in [3.8, 4) is 5.75 Å². The molecule has 1 aromatic rings. The maximum absolute atomic E-state index is 13.4. The minimum absolute atomic E-state index is 0.180. The van der Waals surface area contributed by atoms with Gasteiger partial charge in [-0.05, 0) is 26.5 Å². The number of benzene rings is 1. The number of ether oxygens (including phenoxy) is 2. The van der Waals surface area contributed by atoms with Gasteiger partial charge >= 0.3 is 0 Å². The number of nitrogens with one attached hydrogen (secondary N) is 1. The summed E-state index contributed by atoms with van der Waals surface area (Å²) in [4.78, 5) is 0. The molecule has 1 heterocycles. The highest BCUT2D eigenvalue weighted by Gasteiger charge is 2.37. The van der Waals surface area contributed by atoms with Crippen molar-refractivity contribution in [3.05, 3.63) is 29.6 Å². The van der Waals surface area contributed by atoms with Crippen LogP contribution in [0.2, 0.25) is 0 Å². The summed E-state index contributed by atoms with van der Waals surface area (Å²) in [7, 11) is 0. The van der Waals surface area contributed by atoms with Crippen LogP contribution < -0.4 is 10.1 Å². The fraction of sp³-hybridized carbons (Fsp3) is 0.600. The number of hydrogen-bond donors (Lipinski definition) is 1. The van der Waals surface area contributed by atoms with Crippen LogP contribution in [0, 0.1) is 5.82 Å². The zero-order valence-electron chi connectivity index (χ0n) is 11.8. The Kier molecular flexibility index (Phi) is 4.42. The average molecular weight is 267 g/mol. The highest BCUT2D eigenvalue weighted by Crippen LogP contribution is 2.40. The van der Waals surface area contributed by atoms with Gasteiger partial charge in [-0.15, -0.1) is 0 Å². The third-order valence-electron chi connectivity index (χ3n) is 3.41. The predicted molar refractivity (Wildman–Crippen MR) is 73.0 cm³/mol. The first-order valence-electron chi connectivity index (χ1n) is 6.87. The molecule has 1 N–H and O–H groups in total. The van der Waals surface area contributed by atoms with Gasteiger partial charge in [0.15, 0.2) is 0 Å². The number of rotatable bonds is 5. The van der Waals surface area contributed by atoms with Gasteiger partial charge in [-0.2, -0.15) is 0 Å². The van der Waals surface area contributed by atoms with Crippen LogP contribution >= 0.6 is 0 Å². The van der Waals surface area contributed by atoms with Gasteiger partial charge in [-0.3, -0.25) is 0 Å². The second-order valence-corrected chi connectivity index (χ2v) is 5.19. The topological polar surface area (TPSA) is 30.5 Å². The Balaban J connectivity index is 2.27. The monoisotopic (exact) mass is 267 g/mol. The smallest absolute Gasteiger partial charge is 0.131 e. The van der Waals surface area contributed by atoms with Gasteiger partial charge in [0.1, 0.15) is 17.2 Å². The van der Waals surface area contributed by atoms with Crippen molar-refractivity contribution in [1.82, 2.24) is 5.32 Å². The van der Waals surface area contributed by atoms with Crippen LogP contribution in [-0.4, -0.2) is 25.4 Å². The quantitative estimate of drug-likeness (QED) is 0.889. The molecule has 0 fully saturated rings. The van der Waals surface area contributed by atoms with Crippen molar-refractivity contribution >= 4 is 0 Å². The molecule has 2 unspecified atom stereocenters. The molecular formula is C15H22FNO2. The van der Waals surface area contributed by atoms with Gasteiger partial charge in [-0.25, -0.2) is 4.39 Å². The number of fused-ring (bicyclic) bond motifs is 1. The second kappa shape index (κ2) is 5.88. The summed E-state index contributed by atoms with van der Waals surface area (Å²) < 4.78 is 24.9. The molecule has 0 aliphatic carbocycles. The van der Waals surface area contributed by atoms with E-state index in [2.05, 4.69) is 12.2 Å². The van der Waals surface area contributed by atoms with E-state index in [-0.39, 0.29) is 11.9 Å². The Bertz CT molecular complexity index is 438. The normalized spacial score (nSPS) is 25.8. The summed E-state index contributed by atoms with van der Waals surface area (Å²) in [6.45, 7) is 8.08. The highest BCUT2D eigenvalue weighted by atomic mass is 19.1. The van der Waals surface area contributed by atoms with E-state index in [1.807, 2.05) is 13.8 Å². The Morgan fingerprint density at radius 2 is 2.26 bits per heavy atom. The van der Waals surface area contributed by atoms with Crippen LogP contribution in [0.4, 0.5) is 4.39 Å². The molecule has 1 aromatic carbocycles. The SMILES string of the molecule is CCNC1CC(C)(COCC)Oc2cc(F)ccc21. The molecular weight excluding hydrogens is 245 g/mol. The molecule has 106 valence electrons. The van der Waals surface area contributed by atoms with Crippen molar-refractivity contribution in [1.29, 1.82) is 0 Å². The minimum Gasteiger partial charge on any atom is -0.485 e. The van der Waals surface area contributed by atoms with Gasteiger partial charge in [-0.1, -0.05) is 13.0 Å². The van der Waals surface area contributed by atoms with Crippen LogP contribution in [0.5, 0.6) is 5.75 Å². The molecule has 2 rings (SSSR count). The zero-order valence-corrected chi connectivity index (χ0v) is 11.8. The molecule has 19 heavy (non-hydrogen) atoms. The van der Waals surface area contributed by atoms with Crippen LogP contribution in [0.25, 0.3) is 0 Å². The number of hydrogen-bond acceptors (Lipinski definition) is 3. The summed E-state index contributed by atoms with van der Waals surface area (Å²) in [5.74, 6) is 0.356. The van der Waals surface area contributed by atoms with E-state index in [1.165, 1.54) is 12.1 Å². The van der Waals surface area contributed by atoms with Crippen LogP contribution in [0.15, 0.2) is 18.2 Å². The molecule has 3 nitrogen and oxygen atoms in total. The summed E-state index contributed by atoms with van der Waals surface area (Å²) in [5.41, 5.74) is 0.612. The lowest BCUT2D eigenvalue weighted by atomic mass is 9.89. The molecule has 4 heteroatoms. The van der Waals surface area contributed by atoms with Gasteiger partial charge in [0.05, 0.1) is 6.61 Å². The molecule has 0 aromatic heterocycles. The summed E-state index contributed by atoms with van der Waals surface area (Å²) >= 11 is 0. The van der Waals surface area contributed by atoms with Crippen LogP contribution in [0.1, 0.15) is 38.8 Å². The summed E-state index contributed by atoms with van der Waals surface area (Å²) in [5, 5.41) is 3.43. The van der Waals surface area contributed by atoms with E-state index >= 15 is 0 Å². The van der Waals surface area contributed by atoms with Gasteiger partial charge in [0.25, 0.3) is 0 Å². The minimum atomic E-state index is -0.413. The molecule has 0 amide bonds. The average Bonchev–Trinajstić information content (AvgIpc) is 2.36. The van der Waals surface area contributed by atoms with Crippen molar-refractivity contribution in [2.45, 2.75) is 38.8 Å². The summed E-state index contributed by atoms with van der Waals surface area (Å²) in [6, 6.07) is 4.93. The molecule has 2 atom stereocenters. The van der Waals surface area contributed by atoms with Crippen molar-refractivity contribution in [2.24, 2.45) is 0 Å². The van der Waals surface area contributed by atoms with E-state index in [0.717, 1.165) is 18.5 Å². The van der Waals surface area contributed by atoms with Crippen LogP contribution in [-0.2, 0) is 4.74 Å². The molecule has 0 spiro atoms. The van der Waals surface area contributed by atoms with Crippen molar-refractivity contribution in [3.63, 3.8) is 0 Å². The highest BCUT2D eigenvalue weighted by molar-refractivity contribution is 5.39. The van der Waals surface area contributed by atoms with E-state index in [9.17, 15) is 4.39 Å². The first-order valence-corrected chi connectivity index (χ1v) is 6.87. The molecule has 0 bridgehead atoms. The van der Waals surface area contributed by atoms with E-state index in [1.54, 1.807) is 6.07 Å². The third-order valence-corrected chi connectivity index (χ3v) is 3.41. The fourth-order valence-corrected chi connectivity index (χ4v) is 2.57.